The maximum Gasteiger partial charge on any atom is 0.165 e. The largest absolute Gasteiger partial charge is 0.504 e. The number of para-hydroxylation sites is 1. The van der Waals surface area contributed by atoms with Crippen molar-refractivity contribution < 1.29 is 9.84 Å². The molecule has 1 aromatic carbocycles. The Bertz CT molecular complexity index is 329. The van der Waals surface area contributed by atoms with Crippen LogP contribution in [0, 0.1) is 0 Å². The van der Waals surface area contributed by atoms with E-state index >= 15 is 0 Å². The van der Waals surface area contributed by atoms with E-state index in [2.05, 4.69) is 13.5 Å². The quantitative estimate of drug-likeness (QED) is 0.793. The number of ether oxygens (including phenoxy) is 1. The summed E-state index contributed by atoms with van der Waals surface area (Å²) in [5.74, 6) is 0.688. The fraction of sp³-hybridized carbons (Fsp3) is 0.333. The molecule has 0 saturated heterocycles. The molecule has 0 saturated carbocycles. The Balaban J connectivity index is 3.03. The molecular formula is C12H16O2. The van der Waals surface area contributed by atoms with E-state index in [1.807, 2.05) is 12.1 Å². The molecule has 0 atom stereocenters. The summed E-state index contributed by atoms with van der Waals surface area (Å²) in [4.78, 5) is 0. The van der Waals surface area contributed by atoms with Crippen LogP contribution < -0.4 is 4.74 Å². The number of phenolic OH excluding ortho intramolecular Hbond substituents is 1. The number of allylic oxidation sites excluding steroid dienone is 1. The molecule has 14 heavy (non-hydrogen) atoms. The van der Waals surface area contributed by atoms with Gasteiger partial charge in [-0.05, 0) is 18.1 Å². The molecule has 0 aromatic heterocycles. The topological polar surface area (TPSA) is 29.5 Å². The van der Waals surface area contributed by atoms with Gasteiger partial charge in [-0.1, -0.05) is 32.1 Å². The summed E-state index contributed by atoms with van der Waals surface area (Å²) in [6, 6.07) is 5.45. The first-order valence-corrected chi connectivity index (χ1v) is 4.74. The van der Waals surface area contributed by atoms with Crippen molar-refractivity contribution in [3.8, 4) is 11.5 Å². The first kappa shape index (κ1) is 10.6. The molecule has 0 fully saturated rings. The van der Waals surface area contributed by atoms with E-state index in [-0.39, 0.29) is 5.75 Å². The van der Waals surface area contributed by atoms with Gasteiger partial charge < -0.3 is 9.84 Å². The minimum absolute atomic E-state index is 0.188. The highest BCUT2D eigenvalue weighted by Gasteiger charge is 2.08. The van der Waals surface area contributed by atoms with Crippen LogP contribution in [-0.4, -0.2) is 12.2 Å². The number of rotatable bonds is 4. The Kier molecular flexibility index (Phi) is 3.57. The lowest BCUT2D eigenvalue weighted by atomic mass is 10.0. The molecule has 0 spiro atoms. The van der Waals surface area contributed by atoms with Crippen molar-refractivity contribution in [1.29, 1.82) is 0 Å². The number of hydrogen-bond acceptors (Lipinski definition) is 2. The van der Waals surface area contributed by atoms with E-state index in [4.69, 9.17) is 4.74 Å². The maximum atomic E-state index is 9.80. The zero-order valence-corrected chi connectivity index (χ0v) is 8.71. The van der Waals surface area contributed by atoms with E-state index in [9.17, 15) is 5.11 Å². The highest BCUT2D eigenvalue weighted by molar-refractivity contribution is 5.71. The van der Waals surface area contributed by atoms with Gasteiger partial charge in [-0.15, -0.1) is 0 Å². The average molecular weight is 192 g/mol. The summed E-state index contributed by atoms with van der Waals surface area (Å²) in [5.41, 5.74) is 1.73. The molecule has 2 heteroatoms. The monoisotopic (exact) mass is 192 g/mol. The van der Waals surface area contributed by atoms with Crippen LogP contribution in [0.3, 0.4) is 0 Å². The highest BCUT2D eigenvalue weighted by Crippen LogP contribution is 2.34. The molecule has 1 rings (SSSR count). The van der Waals surface area contributed by atoms with Gasteiger partial charge in [0.1, 0.15) is 0 Å². The first-order chi connectivity index (χ1) is 6.70. The molecule has 1 N–H and O–H groups in total. The fourth-order valence-electron chi connectivity index (χ4n) is 1.41. The second-order valence-electron chi connectivity index (χ2n) is 3.21. The summed E-state index contributed by atoms with van der Waals surface area (Å²) >= 11 is 0. The fourth-order valence-corrected chi connectivity index (χ4v) is 1.41. The van der Waals surface area contributed by atoms with Crippen molar-refractivity contribution in [3.05, 3.63) is 30.3 Å². The predicted molar refractivity (Wildman–Crippen MR) is 58.6 cm³/mol. The van der Waals surface area contributed by atoms with Crippen LogP contribution in [0.1, 0.15) is 25.3 Å². The van der Waals surface area contributed by atoms with Crippen LogP contribution in [0.5, 0.6) is 11.5 Å². The lowest BCUT2D eigenvalue weighted by Gasteiger charge is -2.10. The van der Waals surface area contributed by atoms with Crippen LogP contribution in [0.4, 0.5) is 0 Å². The van der Waals surface area contributed by atoms with Crippen LogP contribution >= 0.6 is 0 Å². The second kappa shape index (κ2) is 4.70. The van der Waals surface area contributed by atoms with E-state index in [0.29, 0.717) is 5.75 Å². The molecule has 0 unspecified atom stereocenters. The Morgan fingerprint density at radius 2 is 2.21 bits per heavy atom. The molecule has 1 aromatic rings. The van der Waals surface area contributed by atoms with Gasteiger partial charge in [0.15, 0.2) is 11.5 Å². The number of methoxy groups -OCH3 is 1. The van der Waals surface area contributed by atoms with Crippen molar-refractivity contribution in [2.45, 2.75) is 19.8 Å². The number of aromatic hydroxyl groups is 1. The van der Waals surface area contributed by atoms with Crippen molar-refractivity contribution in [3.63, 3.8) is 0 Å². The smallest absolute Gasteiger partial charge is 0.165 e. The zero-order valence-electron chi connectivity index (χ0n) is 8.71. The second-order valence-corrected chi connectivity index (χ2v) is 3.21. The van der Waals surface area contributed by atoms with Crippen molar-refractivity contribution in [2.24, 2.45) is 0 Å². The lowest BCUT2D eigenvalue weighted by molar-refractivity contribution is 0.372. The summed E-state index contributed by atoms with van der Waals surface area (Å²) in [7, 11) is 1.54. The molecule has 2 nitrogen and oxygen atoms in total. The van der Waals surface area contributed by atoms with Gasteiger partial charge in [0.05, 0.1) is 7.11 Å². The molecule has 0 heterocycles. The first-order valence-electron chi connectivity index (χ1n) is 4.74. The van der Waals surface area contributed by atoms with Crippen molar-refractivity contribution in [2.75, 3.05) is 7.11 Å². The number of hydrogen-bond donors (Lipinski definition) is 1. The highest BCUT2D eigenvalue weighted by atomic mass is 16.5. The summed E-state index contributed by atoms with van der Waals surface area (Å²) in [6.45, 7) is 6.02. The molecule has 0 aliphatic heterocycles. The SMILES string of the molecule is C=C(CCC)c1cccc(OC)c1O. The average Bonchev–Trinajstić information content (AvgIpc) is 2.18. The third-order valence-corrected chi connectivity index (χ3v) is 2.15. The molecule has 0 bridgehead atoms. The summed E-state index contributed by atoms with van der Waals surface area (Å²) in [5, 5.41) is 9.80. The molecule has 76 valence electrons. The van der Waals surface area contributed by atoms with E-state index in [1.165, 1.54) is 0 Å². The van der Waals surface area contributed by atoms with Gasteiger partial charge in [-0.25, -0.2) is 0 Å². The van der Waals surface area contributed by atoms with Gasteiger partial charge >= 0.3 is 0 Å². The maximum absolute atomic E-state index is 9.80. The van der Waals surface area contributed by atoms with Crippen LogP contribution in [0.2, 0.25) is 0 Å². The third-order valence-electron chi connectivity index (χ3n) is 2.15. The zero-order chi connectivity index (χ0) is 10.6. The standard InChI is InChI=1S/C12H16O2/c1-4-6-9(2)10-7-5-8-11(14-3)12(10)13/h5,7-8,13H,2,4,6H2,1,3H3. The summed E-state index contributed by atoms with van der Waals surface area (Å²) < 4.78 is 5.02. The van der Waals surface area contributed by atoms with Crippen LogP contribution in [0.15, 0.2) is 24.8 Å². The normalized spacial score (nSPS) is 9.86. The summed E-state index contributed by atoms with van der Waals surface area (Å²) in [6.07, 6.45) is 1.91. The van der Waals surface area contributed by atoms with E-state index in [0.717, 1.165) is 24.0 Å². The number of benzene rings is 1. The Morgan fingerprint density at radius 3 is 2.79 bits per heavy atom. The third kappa shape index (κ3) is 2.08. The molecule has 0 aliphatic rings. The molecular weight excluding hydrogens is 176 g/mol. The van der Waals surface area contributed by atoms with E-state index < -0.39 is 0 Å². The molecule has 0 amide bonds. The molecule has 0 aliphatic carbocycles. The minimum Gasteiger partial charge on any atom is -0.504 e. The van der Waals surface area contributed by atoms with Gasteiger partial charge in [0.25, 0.3) is 0 Å². The Hall–Kier alpha value is -1.44. The van der Waals surface area contributed by atoms with Crippen molar-refractivity contribution in [1.82, 2.24) is 0 Å². The van der Waals surface area contributed by atoms with Crippen LogP contribution in [0.25, 0.3) is 5.57 Å². The molecule has 0 radical (unpaired) electrons. The van der Waals surface area contributed by atoms with Crippen molar-refractivity contribution >= 4 is 5.57 Å². The lowest BCUT2D eigenvalue weighted by Crippen LogP contribution is -1.88. The van der Waals surface area contributed by atoms with Gasteiger partial charge in [0, 0.05) is 5.56 Å². The van der Waals surface area contributed by atoms with Crippen LogP contribution in [-0.2, 0) is 0 Å². The van der Waals surface area contributed by atoms with E-state index in [1.54, 1.807) is 13.2 Å². The van der Waals surface area contributed by atoms with Gasteiger partial charge in [-0.2, -0.15) is 0 Å². The Labute approximate surface area is 84.8 Å². The minimum atomic E-state index is 0.188. The van der Waals surface area contributed by atoms with Gasteiger partial charge in [0.2, 0.25) is 0 Å². The van der Waals surface area contributed by atoms with Gasteiger partial charge in [-0.3, -0.25) is 0 Å². The Morgan fingerprint density at radius 1 is 1.50 bits per heavy atom. The predicted octanol–water partition coefficient (Wildman–Crippen LogP) is 3.21. The number of phenols is 1.